The van der Waals surface area contributed by atoms with E-state index in [-0.39, 0.29) is 5.46 Å². The van der Waals surface area contributed by atoms with Crippen molar-refractivity contribution in [2.45, 2.75) is 26.3 Å². The van der Waals surface area contributed by atoms with Gasteiger partial charge in [0, 0.05) is 18.1 Å². The van der Waals surface area contributed by atoms with Gasteiger partial charge in [0.1, 0.15) is 11.3 Å². The van der Waals surface area contributed by atoms with E-state index in [1.165, 1.54) is 12.1 Å². The highest BCUT2D eigenvalue weighted by molar-refractivity contribution is 6.59. The molecule has 2 rings (SSSR count). The first-order valence-corrected chi connectivity index (χ1v) is 5.52. The van der Waals surface area contributed by atoms with Gasteiger partial charge in [0.05, 0.1) is 5.52 Å². The quantitative estimate of drug-likeness (QED) is 0.737. The molecule has 0 fully saturated rings. The second-order valence-electron chi connectivity index (χ2n) is 3.90. The Kier molecular flexibility index (Phi) is 3.39. The molecular weight excluding hydrogens is 224 g/mol. The molecule has 0 aliphatic rings. The summed E-state index contributed by atoms with van der Waals surface area (Å²) in [6.07, 6.45) is 1.95. The summed E-state index contributed by atoms with van der Waals surface area (Å²) in [5.41, 5.74) is 0.853. The van der Waals surface area contributed by atoms with Crippen molar-refractivity contribution in [3.05, 3.63) is 17.9 Å². The van der Waals surface area contributed by atoms with Gasteiger partial charge in [0.2, 0.25) is 0 Å². The number of aromatic nitrogens is 3. The first-order valence-electron chi connectivity index (χ1n) is 5.52. The zero-order valence-electron chi connectivity index (χ0n) is 9.47. The number of aryl methyl sites for hydroxylation is 1. The van der Waals surface area contributed by atoms with E-state index in [9.17, 15) is 4.39 Å². The molecular formula is C10H13BFN3O2. The monoisotopic (exact) mass is 237 g/mol. The lowest BCUT2D eigenvalue weighted by molar-refractivity contribution is 0.423. The fraction of sp³-hybridized carbons (Fsp3) is 0.400. The number of hydrogen-bond donors (Lipinski definition) is 2. The minimum absolute atomic E-state index is 0.181. The van der Waals surface area contributed by atoms with E-state index in [1.54, 1.807) is 4.68 Å². The van der Waals surface area contributed by atoms with Gasteiger partial charge in [-0.25, -0.2) is 9.07 Å². The molecule has 0 unspecified atom stereocenters. The summed E-state index contributed by atoms with van der Waals surface area (Å²) in [7, 11) is -1.83. The molecule has 1 heterocycles. The molecule has 0 aliphatic carbocycles. The molecule has 0 atom stereocenters. The number of halogens is 1. The van der Waals surface area contributed by atoms with Crippen LogP contribution in [0, 0.1) is 5.82 Å². The van der Waals surface area contributed by atoms with Crippen molar-refractivity contribution in [3.8, 4) is 0 Å². The average molecular weight is 237 g/mol. The lowest BCUT2D eigenvalue weighted by Gasteiger charge is -2.03. The van der Waals surface area contributed by atoms with E-state index < -0.39 is 12.9 Å². The minimum atomic E-state index is -1.83. The molecule has 0 aliphatic heterocycles. The van der Waals surface area contributed by atoms with Crippen molar-refractivity contribution < 1.29 is 14.4 Å². The Balaban J connectivity index is 2.45. The van der Waals surface area contributed by atoms with E-state index in [2.05, 4.69) is 17.2 Å². The van der Waals surface area contributed by atoms with Crippen LogP contribution in [-0.2, 0) is 6.54 Å². The first-order chi connectivity index (χ1) is 8.13. The molecule has 1 aromatic heterocycles. The van der Waals surface area contributed by atoms with Crippen LogP contribution in [0.25, 0.3) is 11.0 Å². The topological polar surface area (TPSA) is 71.2 Å². The predicted molar refractivity (Wildman–Crippen MR) is 62.2 cm³/mol. The maximum atomic E-state index is 13.6. The van der Waals surface area contributed by atoms with Crippen LogP contribution >= 0.6 is 0 Å². The van der Waals surface area contributed by atoms with Crippen LogP contribution in [0.4, 0.5) is 4.39 Å². The van der Waals surface area contributed by atoms with Crippen LogP contribution in [-0.4, -0.2) is 32.2 Å². The SMILES string of the molecule is CCCCn1nnc2cc(B(O)O)c(F)cc21. The molecule has 2 N–H and O–H groups in total. The fourth-order valence-electron chi connectivity index (χ4n) is 1.68. The van der Waals surface area contributed by atoms with E-state index >= 15 is 0 Å². The van der Waals surface area contributed by atoms with Crippen molar-refractivity contribution >= 4 is 23.6 Å². The summed E-state index contributed by atoms with van der Waals surface area (Å²) in [4.78, 5) is 0. The van der Waals surface area contributed by atoms with Crippen LogP contribution < -0.4 is 5.46 Å². The van der Waals surface area contributed by atoms with Crippen molar-refractivity contribution in [3.63, 3.8) is 0 Å². The molecule has 5 nitrogen and oxygen atoms in total. The summed E-state index contributed by atoms with van der Waals surface area (Å²) in [6.45, 7) is 2.73. The van der Waals surface area contributed by atoms with Crippen LogP contribution in [0.2, 0.25) is 0 Å². The third kappa shape index (κ3) is 2.30. The number of hydrogen-bond acceptors (Lipinski definition) is 4. The van der Waals surface area contributed by atoms with Crippen molar-refractivity contribution in [1.29, 1.82) is 0 Å². The summed E-state index contributed by atoms with van der Waals surface area (Å²) in [6, 6.07) is 2.55. The second kappa shape index (κ2) is 4.81. The Hall–Kier alpha value is -1.47. The molecule has 0 spiro atoms. The van der Waals surface area contributed by atoms with E-state index in [0.29, 0.717) is 17.6 Å². The summed E-state index contributed by atoms with van der Waals surface area (Å²) in [5.74, 6) is -0.660. The molecule has 0 saturated heterocycles. The number of fused-ring (bicyclic) bond motifs is 1. The highest BCUT2D eigenvalue weighted by Crippen LogP contribution is 2.12. The Labute approximate surface area is 98.0 Å². The molecule has 2 aromatic rings. The third-order valence-corrected chi connectivity index (χ3v) is 2.63. The zero-order valence-corrected chi connectivity index (χ0v) is 9.47. The van der Waals surface area contributed by atoms with Gasteiger partial charge in [0.15, 0.2) is 0 Å². The van der Waals surface area contributed by atoms with Crippen molar-refractivity contribution in [2.24, 2.45) is 0 Å². The lowest BCUT2D eigenvalue weighted by Crippen LogP contribution is -2.32. The molecule has 0 saturated carbocycles. The maximum absolute atomic E-state index is 13.6. The number of nitrogens with zero attached hydrogens (tertiary/aromatic N) is 3. The summed E-state index contributed by atoms with van der Waals surface area (Å²) >= 11 is 0. The summed E-state index contributed by atoms with van der Waals surface area (Å²) < 4.78 is 15.2. The number of benzene rings is 1. The summed E-state index contributed by atoms with van der Waals surface area (Å²) in [5, 5.41) is 25.7. The molecule has 0 radical (unpaired) electrons. The maximum Gasteiger partial charge on any atom is 0.491 e. The van der Waals surface area contributed by atoms with Crippen molar-refractivity contribution in [1.82, 2.24) is 15.0 Å². The van der Waals surface area contributed by atoms with Gasteiger partial charge in [0.25, 0.3) is 0 Å². The predicted octanol–water partition coefficient (Wildman–Crippen LogP) is 0.0503. The highest BCUT2D eigenvalue weighted by Gasteiger charge is 2.19. The van der Waals surface area contributed by atoms with Gasteiger partial charge in [-0.2, -0.15) is 0 Å². The largest absolute Gasteiger partial charge is 0.491 e. The molecule has 1 aromatic carbocycles. The first kappa shape index (κ1) is 12.0. The fourth-order valence-corrected chi connectivity index (χ4v) is 1.68. The van der Waals surface area contributed by atoms with Gasteiger partial charge < -0.3 is 10.0 Å². The molecule has 90 valence electrons. The minimum Gasteiger partial charge on any atom is -0.423 e. The molecule has 0 amide bonds. The molecule has 17 heavy (non-hydrogen) atoms. The normalized spacial score (nSPS) is 11.1. The van der Waals surface area contributed by atoms with Crippen molar-refractivity contribution in [2.75, 3.05) is 0 Å². The van der Waals surface area contributed by atoms with Crippen LogP contribution in [0.3, 0.4) is 0 Å². The average Bonchev–Trinajstić information content (AvgIpc) is 2.67. The van der Waals surface area contributed by atoms with E-state index in [4.69, 9.17) is 10.0 Å². The van der Waals surface area contributed by atoms with Gasteiger partial charge >= 0.3 is 7.12 Å². The second-order valence-corrected chi connectivity index (χ2v) is 3.90. The number of unbranched alkanes of at least 4 members (excludes halogenated alkanes) is 1. The van der Waals surface area contributed by atoms with E-state index in [1.807, 2.05) is 0 Å². The number of rotatable bonds is 4. The Morgan fingerprint density at radius 1 is 1.41 bits per heavy atom. The van der Waals surface area contributed by atoms with Gasteiger partial charge in [-0.05, 0) is 12.5 Å². The molecule has 0 bridgehead atoms. The van der Waals surface area contributed by atoms with E-state index in [0.717, 1.165) is 12.8 Å². The van der Waals surface area contributed by atoms with Gasteiger partial charge in [-0.15, -0.1) is 5.10 Å². The highest BCUT2D eigenvalue weighted by atomic mass is 19.1. The van der Waals surface area contributed by atoms with Gasteiger partial charge in [-0.3, -0.25) is 0 Å². The van der Waals surface area contributed by atoms with Crippen LogP contribution in [0.15, 0.2) is 12.1 Å². The smallest absolute Gasteiger partial charge is 0.423 e. The zero-order chi connectivity index (χ0) is 12.4. The standard InChI is InChI=1S/C10H13BFN3O2/c1-2-3-4-15-10-6-8(12)7(11(16)17)5-9(10)13-14-15/h5-6,16-17H,2-4H2,1H3. The Morgan fingerprint density at radius 3 is 2.82 bits per heavy atom. The van der Waals surface area contributed by atoms with Crippen LogP contribution in [0.1, 0.15) is 19.8 Å². The van der Waals surface area contributed by atoms with Crippen LogP contribution in [0.5, 0.6) is 0 Å². The third-order valence-electron chi connectivity index (χ3n) is 2.63. The van der Waals surface area contributed by atoms with Gasteiger partial charge in [-0.1, -0.05) is 18.6 Å². The lowest BCUT2D eigenvalue weighted by atomic mass is 9.79. The Morgan fingerprint density at radius 2 is 2.18 bits per heavy atom. The Bertz CT molecular complexity index is 529. The molecule has 7 heteroatoms.